The molecule has 1 N–H and O–H groups in total. The summed E-state index contributed by atoms with van der Waals surface area (Å²) in [5.41, 5.74) is 1.91. The quantitative estimate of drug-likeness (QED) is 0.830. The van der Waals surface area contributed by atoms with Crippen LogP contribution in [0.3, 0.4) is 0 Å². The molecule has 1 fully saturated rings. The van der Waals surface area contributed by atoms with Crippen LogP contribution in [0.4, 0.5) is 5.69 Å². The molecule has 1 aromatic carbocycles. The average Bonchev–Trinajstić information content (AvgIpc) is 2.62. The van der Waals surface area contributed by atoms with E-state index in [9.17, 15) is 14.4 Å². The number of carbonyl (C=O) groups is 2. The van der Waals surface area contributed by atoms with Gasteiger partial charge in [0.25, 0.3) is 17.4 Å². The van der Waals surface area contributed by atoms with Gasteiger partial charge in [0, 0.05) is 19.8 Å². The number of nitrogens with one attached hydrogen (secondary N) is 1. The van der Waals surface area contributed by atoms with Gasteiger partial charge in [0.2, 0.25) is 6.10 Å². The van der Waals surface area contributed by atoms with Crippen LogP contribution in [0.2, 0.25) is 0 Å². The number of hydrogen-bond acceptors (Lipinski definition) is 4. The molecule has 3 rings (SSSR count). The number of nitrogens with zero attached hydrogens (tertiary/aromatic N) is 2. The summed E-state index contributed by atoms with van der Waals surface area (Å²) in [6, 6.07) is 11.1. The fraction of sp³-hybridized carbons (Fsp3) is 0.316. The number of ether oxygens (including phenoxy) is 1. The fourth-order valence-electron chi connectivity index (χ4n) is 2.72. The summed E-state index contributed by atoms with van der Waals surface area (Å²) in [6.45, 7) is 3.12. The number of pyridine rings is 1. The second-order valence-electron chi connectivity index (χ2n) is 6.34. The highest BCUT2D eigenvalue weighted by Gasteiger charge is 2.33. The Hall–Kier alpha value is -2.93. The molecule has 7 heteroatoms. The maximum atomic E-state index is 12.6. The fourth-order valence-corrected chi connectivity index (χ4v) is 2.72. The average molecular weight is 355 g/mol. The normalized spacial score (nSPS) is 17.2. The molecule has 1 saturated heterocycles. The van der Waals surface area contributed by atoms with Crippen LogP contribution in [0, 0.1) is 6.92 Å². The number of morpholine rings is 1. The maximum absolute atomic E-state index is 12.6. The van der Waals surface area contributed by atoms with Crippen molar-refractivity contribution in [2.45, 2.75) is 19.6 Å². The van der Waals surface area contributed by atoms with Gasteiger partial charge >= 0.3 is 0 Å². The summed E-state index contributed by atoms with van der Waals surface area (Å²) in [5, 5.41) is 2.52. The Balaban J connectivity index is 1.76. The molecule has 2 heterocycles. The van der Waals surface area contributed by atoms with Gasteiger partial charge in [0.15, 0.2) is 0 Å². The van der Waals surface area contributed by atoms with E-state index in [0.717, 1.165) is 11.1 Å². The van der Waals surface area contributed by atoms with E-state index in [-0.39, 0.29) is 17.9 Å². The molecule has 0 radical (unpaired) electrons. The first-order valence-electron chi connectivity index (χ1n) is 8.38. The zero-order valence-electron chi connectivity index (χ0n) is 14.8. The van der Waals surface area contributed by atoms with Crippen LogP contribution in [0.15, 0.2) is 47.4 Å². The number of likely N-dealkylation sites (N-methyl/N-ethyl adjacent to an activating group) is 1. The van der Waals surface area contributed by atoms with Crippen LogP contribution in [-0.2, 0) is 20.9 Å². The maximum Gasteiger partial charge on any atom is 0.274 e. The highest BCUT2D eigenvalue weighted by molar-refractivity contribution is 6.09. The van der Waals surface area contributed by atoms with Crippen molar-refractivity contribution in [3.8, 4) is 0 Å². The lowest BCUT2D eigenvalue weighted by Gasteiger charge is -2.28. The first-order chi connectivity index (χ1) is 12.5. The molecule has 0 saturated carbocycles. The van der Waals surface area contributed by atoms with Crippen molar-refractivity contribution in [1.82, 2.24) is 9.47 Å². The Morgan fingerprint density at radius 3 is 2.69 bits per heavy atom. The molecule has 136 valence electrons. The van der Waals surface area contributed by atoms with E-state index in [0.29, 0.717) is 13.1 Å². The number of aromatic nitrogens is 1. The monoisotopic (exact) mass is 355 g/mol. The van der Waals surface area contributed by atoms with E-state index < -0.39 is 17.9 Å². The number of amides is 2. The van der Waals surface area contributed by atoms with E-state index >= 15 is 0 Å². The molecule has 1 aliphatic heterocycles. The molecule has 0 spiro atoms. The van der Waals surface area contributed by atoms with E-state index in [2.05, 4.69) is 5.32 Å². The van der Waals surface area contributed by atoms with Gasteiger partial charge in [0.1, 0.15) is 5.69 Å². The van der Waals surface area contributed by atoms with Gasteiger partial charge in [-0.3, -0.25) is 14.4 Å². The van der Waals surface area contributed by atoms with Crippen LogP contribution in [0.5, 0.6) is 0 Å². The van der Waals surface area contributed by atoms with Gasteiger partial charge in [-0.15, -0.1) is 0 Å². The van der Waals surface area contributed by atoms with Crippen molar-refractivity contribution in [3.05, 3.63) is 64.1 Å². The Morgan fingerprint density at radius 1 is 1.23 bits per heavy atom. The zero-order valence-corrected chi connectivity index (χ0v) is 14.8. The minimum absolute atomic E-state index is 0.120. The third-order valence-electron chi connectivity index (χ3n) is 4.30. The van der Waals surface area contributed by atoms with Gasteiger partial charge in [0.05, 0.1) is 13.2 Å². The molecular formula is C19H21N3O4. The summed E-state index contributed by atoms with van der Waals surface area (Å²) in [6.07, 6.45) is 0.437. The molecule has 0 bridgehead atoms. The first-order valence-corrected chi connectivity index (χ1v) is 8.38. The van der Waals surface area contributed by atoms with Crippen LogP contribution >= 0.6 is 0 Å². The molecule has 1 unspecified atom stereocenters. The van der Waals surface area contributed by atoms with Crippen LogP contribution in [-0.4, -0.2) is 47.6 Å². The molecule has 1 atom stereocenters. The number of aryl methyl sites for hydroxylation is 1. The number of rotatable bonds is 4. The summed E-state index contributed by atoms with van der Waals surface area (Å²) < 4.78 is 6.77. The van der Waals surface area contributed by atoms with Crippen molar-refractivity contribution in [3.63, 3.8) is 0 Å². The lowest BCUT2D eigenvalue weighted by atomic mass is 10.1. The lowest BCUT2D eigenvalue weighted by Crippen LogP contribution is -2.51. The van der Waals surface area contributed by atoms with E-state index in [1.165, 1.54) is 15.5 Å². The Kier molecular flexibility index (Phi) is 5.18. The van der Waals surface area contributed by atoms with E-state index in [1.54, 1.807) is 19.3 Å². The van der Waals surface area contributed by atoms with Crippen molar-refractivity contribution < 1.29 is 14.3 Å². The molecular weight excluding hydrogens is 334 g/mol. The predicted octanol–water partition coefficient (Wildman–Crippen LogP) is 1.00. The topological polar surface area (TPSA) is 80.6 Å². The van der Waals surface area contributed by atoms with Crippen molar-refractivity contribution in [2.75, 3.05) is 25.5 Å². The highest BCUT2D eigenvalue weighted by atomic mass is 16.5. The summed E-state index contributed by atoms with van der Waals surface area (Å²) >= 11 is 0. The van der Waals surface area contributed by atoms with Crippen LogP contribution in [0.1, 0.15) is 11.1 Å². The third-order valence-corrected chi connectivity index (χ3v) is 4.30. The van der Waals surface area contributed by atoms with E-state index in [1.807, 2.05) is 31.2 Å². The SMILES string of the molecule is Cc1ccc(Cn2cccc(NC(=O)C3OCCN(C)C3=O)c2=O)cc1. The van der Waals surface area contributed by atoms with Gasteiger partial charge < -0.3 is 19.5 Å². The zero-order chi connectivity index (χ0) is 18.7. The van der Waals surface area contributed by atoms with Gasteiger partial charge in [-0.2, -0.15) is 0 Å². The second kappa shape index (κ2) is 7.53. The molecule has 2 aromatic rings. The Morgan fingerprint density at radius 2 is 1.96 bits per heavy atom. The number of hydrogen-bond donors (Lipinski definition) is 1. The molecule has 1 aromatic heterocycles. The largest absolute Gasteiger partial charge is 0.357 e. The molecule has 7 nitrogen and oxygen atoms in total. The molecule has 26 heavy (non-hydrogen) atoms. The minimum atomic E-state index is -1.22. The predicted molar refractivity (Wildman–Crippen MR) is 97.0 cm³/mol. The van der Waals surface area contributed by atoms with Gasteiger partial charge in [-0.05, 0) is 24.6 Å². The van der Waals surface area contributed by atoms with Gasteiger partial charge in [-0.25, -0.2) is 0 Å². The molecule has 1 aliphatic rings. The standard InChI is InChI=1S/C19H21N3O4/c1-13-5-7-14(8-6-13)12-22-9-3-4-15(18(22)24)20-17(23)16-19(25)21(2)10-11-26-16/h3-9,16H,10-12H2,1-2H3,(H,20,23). The van der Waals surface area contributed by atoms with Gasteiger partial charge in [-0.1, -0.05) is 29.8 Å². The lowest BCUT2D eigenvalue weighted by molar-refractivity contribution is -0.156. The first kappa shape index (κ1) is 17.9. The van der Waals surface area contributed by atoms with E-state index in [4.69, 9.17) is 4.74 Å². The van der Waals surface area contributed by atoms with Crippen LogP contribution < -0.4 is 10.9 Å². The number of carbonyl (C=O) groups excluding carboxylic acids is 2. The summed E-state index contributed by atoms with van der Waals surface area (Å²) in [5.74, 6) is -1.05. The smallest absolute Gasteiger partial charge is 0.274 e. The summed E-state index contributed by atoms with van der Waals surface area (Å²) in [7, 11) is 1.61. The van der Waals surface area contributed by atoms with Crippen molar-refractivity contribution in [1.29, 1.82) is 0 Å². The third kappa shape index (κ3) is 3.83. The Bertz CT molecular complexity index is 873. The van der Waals surface area contributed by atoms with Crippen molar-refractivity contribution >= 4 is 17.5 Å². The second-order valence-corrected chi connectivity index (χ2v) is 6.34. The van der Waals surface area contributed by atoms with Crippen LogP contribution in [0.25, 0.3) is 0 Å². The number of benzene rings is 1. The van der Waals surface area contributed by atoms with Crippen molar-refractivity contribution in [2.24, 2.45) is 0 Å². The highest BCUT2D eigenvalue weighted by Crippen LogP contribution is 2.09. The number of anilines is 1. The molecule has 2 amide bonds. The Labute approximate surface area is 151 Å². The summed E-state index contributed by atoms with van der Waals surface area (Å²) in [4.78, 5) is 38.4. The molecule has 0 aliphatic carbocycles. The minimum Gasteiger partial charge on any atom is -0.357 e.